The lowest BCUT2D eigenvalue weighted by Gasteiger charge is -2.45. The molecule has 1 N–H and O–H groups in total. The van der Waals surface area contributed by atoms with Gasteiger partial charge in [0, 0.05) is 32.6 Å². The van der Waals surface area contributed by atoms with Crippen molar-refractivity contribution >= 4 is 5.78 Å². The molecule has 0 aromatic rings. The predicted molar refractivity (Wildman–Crippen MR) is 90.0 cm³/mol. The number of rotatable bonds is 7. The maximum atomic E-state index is 12.4. The lowest BCUT2D eigenvalue weighted by atomic mass is 9.75. The van der Waals surface area contributed by atoms with Gasteiger partial charge in [0.2, 0.25) is 0 Å². The summed E-state index contributed by atoms with van der Waals surface area (Å²) in [4.78, 5) is 17.2. The number of Topliss-reactive ketones (excluding diaryl/α,β-unsaturated/α-hetero) is 1. The van der Waals surface area contributed by atoms with Gasteiger partial charge in [-0.15, -0.1) is 0 Å². The molecule has 2 heterocycles. The highest BCUT2D eigenvalue weighted by molar-refractivity contribution is 5.83. The molecular weight excluding hydrogens is 276 g/mol. The minimum Gasteiger partial charge on any atom is -0.389 e. The van der Waals surface area contributed by atoms with E-state index in [-0.39, 0.29) is 11.7 Å². The highest BCUT2D eigenvalue weighted by Gasteiger charge is 2.45. The van der Waals surface area contributed by atoms with Crippen molar-refractivity contribution in [3.8, 4) is 0 Å². The molecule has 4 nitrogen and oxygen atoms in total. The first-order valence-corrected chi connectivity index (χ1v) is 9.29. The molecule has 0 bridgehead atoms. The summed E-state index contributed by atoms with van der Waals surface area (Å²) in [6, 6.07) is 0. The SMILES string of the molecule is CCCCN1CCC(O)(C2CN(CCCC)CCC2=O)CC1. The standard InChI is InChI=1S/C18H34N2O2/c1-3-5-10-19-13-8-18(22,9-14-19)16-15-20(11-6-4-2)12-7-17(16)21/h16,22H,3-15H2,1-2H3. The monoisotopic (exact) mass is 310 g/mol. The van der Waals surface area contributed by atoms with E-state index in [9.17, 15) is 9.90 Å². The molecule has 0 aliphatic carbocycles. The Morgan fingerprint density at radius 2 is 1.64 bits per heavy atom. The van der Waals surface area contributed by atoms with Gasteiger partial charge in [0.25, 0.3) is 0 Å². The summed E-state index contributed by atoms with van der Waals surface area (Å²) < 4.78 is 0. The quantitative estimate of drug-likeness (QED) is 0.784. The van der Waals surface area contributed by atoms with Crippen LogP contribution < -0.4 is 0 Å². The molecule has 2 saturated heterocycles. The first kappa shape index (κ1) is 17.9. The van der Waals surface area contributed by atoms with Crippen LogP contribution in [0.1, 0.15) is 58.8 Å². The van der Waals surface area contributed by atoms with E-state index in [0.29, 0.717) is 6.42 Å². The first-order valence-electron chi connectivity index (χ1n) is 9.29. The number of unbranched alkanes of at least 4 members (excludes halogenated alkanes) is 2. The number of hydrogen-bond donors (Lipinski definition) is 1. The Morgan fingerprint density at radius 3 is 2.23 bits per heavy atom. The second kappa shape index (κ2) is 8.42. The third kappa shape index (κ3) is 4.53. The number of likely N-dealkylation sites (tertiary alicyclic amines) is 2. The van der Waals surface area contributed by atoms with Gasteiger partial charge in [0.1, 0.15) is 5.78 Å². The molecule has 0 amide bonds. The average molecular weight is 310 g/mol. The van der Waals surface area contributed by atoms with Crippen molar-refractivity contribution in [3.63, 3.8) is 0 Å². The van der Waals surface area contributed by atoms with E-state index in [4.69, 9.17) is 0 Å². The van der Waals surface area contributed by atoms with Crippen LogP contribution in [0.3, 0.4) is 0 Å². The molecule has 2 fully saturated rings. The van der Waals surface area contributed by atoms with Gasteiger partial charge < -0.3 is 14.9 Å². The van der Waals surface area contributed by atoms with Crippen LogP contribution in [0.2, 0.25) is 0 Å². The number of aliphatic hydroxyl groups is 1. The van der Waals surface area contributed by atoms with Crippen LogP contribution >= 0.6 is 0 Å². The first-order chi connectivity index (χ1) is 10.6. The summed E-state index contributed by atoms with van der Waals surface area (Å²) in [5, 5.41) is 11.1. The van der Waals surface area contributed by atoms with Crippen molar-refractivity contribution < 1.29 is 9.90 Å². The number of hydrogen-bond acceptors (Lipinski definition) is 4. The number of nitrogens with zero attached hydrogens (tertiary/aromatic N) is 2. The number of carbonyl (C=O) groups is 1. The van der Waals surface area contributed by atoms with Crippen molar-refractivity contribution in [2.45, 2.75) is 64.4 Å². The largest absolute Gasteiger partial charge is 0.389 e. The number of piperidine rings is 2. The topological polar surface area (TPSA) is 43.8 Å². The van der Waals surface area contributed by atoms with Crippen LogP contribution in [0, 0.1) is 5.92 Å². The molecule has 2 rings (SSSR count). The van der Waals surface area contributed by atoms with Crippen molar-refractivity contribution in [2.75, 3.05) is 39.3 Å². The van der Waals surface area contributed by atoms with E-state index in [0.717, 1.165) is 52.1 Å². The maximum Gasteiger partial charge on any atom is 0.141 e. The van der Waals surface area contributed by atoms with Gasteiger partial charge in [-0.3, -0.25) is 4.79 Å². The summed E-state index contributed by atoms with van der Waals surface area (Å²) in [5.74, 6) is 0.128. The van der Waals surface area contributed by atoms with E-state index in [2.05, 4.69) is 23.6 Å². The van der Waals surface area contributed by atoms with E-state index in [1.165, 1.54) is 25.7 Å². The molecule has 0 spiro atoms. The predicted octanol–water partition coefficient (Wildman–Crippen LogP) is 2.30. The lowest BCUT2D eigenvalue weighted by molar-refractivity contribution is -0.143. The summed E-state index contributed by atoms with van der Waals surface area (Å²) in [6.45, 7) is 10.1. The number of carbonyl (C=O) groups excluding carboxylic acids is 1. The van der Waals surface area contributed by atoms with Crippen LogP contribution in [0.25, 0.3) is 0 Å². The van der Waals surface area contributed by atoms with Gasteiger partial charge in [-0.1, -0.05) is 26.7 Å². The zero-order valence-corrected chi connectivity index (χ0v) is 14.5. The zero-order valence-electron chi connectivity index (χ0n) is 14.5. The molecule has 2 aliphatic rings. The van der Waals surface area contributed by atoms with Crippen LogP contribution in [0.15, 0.2) is 0 Å². The Labute approximate surface area is 135 Å². The highest BCUT2D eigenvalue weighted by atomic mass is 16.3. The third-order valence-electron chi connectivity index (χ3n) is 5.53. The van der Waals surface area contributed by atoms with Crippen LogP contribution in [-0.2, 0) is 4.79 Å². The molecule has 0 radical (unpaired) electrons. The van der Waals surface area contributed by atoms with Crippen LogP contribution in [-0.4, -0.2) is 65.6 Å². The van der Waals surface area contributed by atoms with Crippen molar-refractivity contribution in [1.82, 2.24) is 9.80 Å². The third-order valence-corrected chi connectivity index (χ3v) is 5.53. The van der Waals surface area contributed by atoms with E-state index < -0.39 is 5.60 Å². The van der Waals surface area contributed by atoms with Crippen LogP contribution in [0.4, 0.5) is 0 Å². The van der Waals surface area contributed by atoms with Gasteiger partial charge in [-0.2, -0.15) is 0 Å². The Kier molecular flexibility index (Phi) is 6.85. The fourth-order valence-corrected chi connectivity index (χ4v) is 3.84. The summed E-state index contributed by atoms with van der Waals surface area (Å²) in [7, 11) is 0. The Morgan fingerprint density at radius 1 is 1.05 bits per heavy atom. The molecular formula is C18H34N2O2. The molecule has 0 aromatic heterocycles. The molecule has 1 atom stereocenters. The summed E-state index contributed by atoms with van der Waals surface area (Å²) in [6.07, 6.45) is 6.95. The van der Waals surface area contributed by atoms with Gasteiger partial charge >= 0.3 is 0 Å². The second-order valence-corrected chi connectivity index (χ2v) is 7.22. The van der Waals surface area contributed by atoms with Gasteiger partial charge in [-0.25, -0.2) is 0 Å². The van der Waals surface area contributed by atoms with Crippen LogP contribution in [0.5, 0.6) is 0 Å². The minimum atomic E-state index is -0.759. The molecule has 22 heavy (non-hydrogen) atoms. The fourth-order valence-electron chi connectivity index (χ4n) is 3.84. The van der Waals surface area contributed by atoms with Crippen molar-refractivity contribution in [2.24, 2.45) is 5.92 Å². The van der Waals surface area contributed by atoms with E-state index in [1.54, 1.807) is 0 Å². The van der Waals surface area contributed by atoms with Crippen molar-refractivity contribution in [3.05, 3.63) is 0 Å². The Balaban J connectivity index is 1.89. The minimum absolute atomic E-state index is 0.161. The van der Waals surface area contributed by atoms with Gasteiger partial charge in [-0.05, 0) is 38.8 Å². The van der Waals surface area contributed by atoms with E-state index >= 15 is 0 Å². The average Bonchev–Trinajstić information content (AvgIpc) is 2.53. The second-order valence-electron chi connectivity index (χ2n) is 7.22. The molecule has 0 aromatic carbocycles. The fraction of sp³-hybridized carbons (Fsp3) is 0.944. The van der Waals surface area contributed by atoms with Gasteiger partial charge in [0.05, 0.1) is 11.5 Å². The Hall–Kier alpha value is -0.450. The normalized spacial score (nSPS) is 27.2. The zero-order chi connectivity index (χ0) is 16.0. The Bertz CT molecular complexity index is 351. The van der Waals surface area contributed by atoms with Crippen molar-refractivity contribution in [1.29, 1.82) is 0 Å². The molecule has 4 heteroatoms. The molecule has 2 aliphatic heterocycles. The molecule has 128 valence electrons. The molecule has 0 saturated carbocycles. The summed E-state index contributed by atoms with van der Waals surface area (Å²) >= 11 is 0. The summed E-state index contributed by atoms with van der Waals surface area (Å²) in [5.41, 5.74) is -0.759. The smallest absolute Gasteiger partial charge is 0.141 e. The van der Waals surface area contributed by atoms with E-state index in [1.807, 2.05) is 0 Å². The number of ketones is 1. The molecule has 1 unspecified atom stereocenters. The highest BCUT2D eigenvalue weighted by Crippen LogP contribution is 2.34. The van der Waals surface area contributed by atoms with Gasteiger partial charge in [0.15, 0.2) is 0 Å². The lowest BCUT2D eigenvalue weighted by Crippen LogP contribution is -2.56. The maximum absolute atomic E-state index is 12.4.